The average Bonchev–Trinajstić information content (AvgIpc) is 2.74. The summed E-state index contributed by atoms with van der Waals surface area (Å²) in [6.45, 7) is -0.811. The van der Waals surface area contributed by atoms with Gasteiger partial charge in [-0.15, -0.1) is 12.4 Å². The standard InChI is InChI=1S/C22H27FN2O.ClH/c1-2-22(26)25(20-10-8-19(23)9-11-20)21-13-16-24(17-14-21)15-12-18-6-4-3-5-7-18;/h3-11,21H,2,12-17H2,1H3;1H/i1D3,2D2;. The number of piperidine rings is 1. The molecule has 1 saturated heterocycles. The highest BCUT2D eigenvalue weighted by Crippen LogP contribution is 2.25. The van der Waals surface area contributed by atoms with Gasteiger partial charge in [0.15, 0.2) is 0 Å². The van der Waals surface area contributed by atoms with Crippen LogP contribution >= 0.6 is 12.4 Å². The molecule has 0 radical (unpaired) electrons. The number of carbonyl (C=O) groups is 1. The summed E-state index contributed by atoms with van der Waals surface area (Å²) in [4.78, 5) is 16.6. The molecule has 27 heavy (non-hydrogen) atoms. The molecule has 1 fully saturated rings. The van der Waals surface area contributed by atoms with Crippen molar-refractivity contribution in [3.8, 4) is 0 Å². The molecular formula is C22H28ClFN2O. The Morgan fingerprint density at radius 3 is 2.48 bits per heavy atom. The lowest BCUT2D eigenvalue weighted by Crippen LogP contribution is -2.47. The van der Waals surface area contributed by atoms with E-state index in [0.29, 0.717) is 31.6 Å². The lowest BCUT2D eigenvalue weighted by atomic mass is 10.0. The molecule has 0 aliphatic carbocycles. The molecule has 0 unspecified atom stereocenters. The molecule has 1 aliphatic rings. The molecule has 0 bridgehead atoms. The van der Waals surface area contributed by atoms with Crippen molar-refractivity contribution in [3.05, 3.63) is 66.0 Å². The highest BCUT2D eigenvalue weighted by atomic mass is 35.5. The quantitative estimate of drug-likeness (QED) is 0.707. The third-order valence-electron chi connectivity index (χ3n) is 4.91. The monoisotopic (exact) mass is 395 g/mol. The Morgan fingerprint density at radius 2 is 1.85 bits per heavy atom. The predicted octanol–water partition coefficient (Wildman–Crippen LogP) is 4.70. The smallest absolute Gasteiger partial charge is 0.226 e. The van der Waals surface area contributed by atoms with Crippen LogP contribution < -0.4 is 4.90 Å². The van der Waals surface area contributed by atoms with Crippen molar-refractivity contribution in [2.45, 2.75) is 38.5 Å². The fourth-order valence-electron chi connectivity index (χ4n) is 3.49. The lowest BCUT2D eigenvalue weighted by molar-refractivity contribution is -0.119. The van der Waals surface area contributed by atoms with Gasteiger partial charge in [0.05, 0.1) is 0 Å². The second-order valence-electron chi connectivity index (χ2n) is 6.58. The SMILES string of the molecule is Cl.[2H]C([2H])([2H])C([2H])([2H])C(=O)N(c1ccc(F)cc1)C1CCN(CCc2ccccc2)CC1. The van der Waals surface area contributed by atoms with Crippen LogP contribution in [0, 0.1) is 5.82 Å². The molecule has 2 aromatic rings. The second kappa shape index (κ2) is 10.4. The molecule has 1 heterocycles. The van der Waals surface area contributed by atoms with Gasteiger partial charge < -0.3 is 9.80 Å². The van der Waals surface area contributed by atoms with Gasteiger partial charge >= 0.3 is 0 Å². The van der Waals surface area contributed by atoms with Crippen molar-refractivity contribution in [3.63, 3.8) is 0 Å². The molecule has 3 rings (SSSR count). The number of benzene rings is 2. The third kappa shape index (κ3) is 5.78. The summed E-state index contributed by atoms with van der Waals surface area (Å²) >= 11 is 0. The fourth-order valence-corrected chi connectivity index (χ4v) is 3.49. The molecule has 0 aromatic heterocycles. The molecule has 0 saturated carbocycles. The minimum absolute atomic E-state index is 0. The summed E-state index contributed by atoms with van der Waals surface area (Å²) in [6, 6.07) is 15.0. The normalized spacial score (nSPS) is 18.9. The Kier molecular flexibility index (Phi) is 5.82. The summed E-state index contributed by atoms with van der Waals surface area (Å²) < 4.78 is 51.8. The minimum Gasteiger partial charge on any atom is -0.309 e. The van der Waals surface area contributed by atoms with Crippen LogP contribution in [0.4, 0.5) is 10.1 Å². The number of hydrogen-bond acceptors (Lipinski definition) is 2. The molecule has 146 valence electrons. The molecule has 1 amide bonds. The topological polar surface area (TPSA) is 23.6 Å². The van der Waals surface area contributed by atoms with E-state index in [2.05, 4.69) is 17.0 Å². The van der Waals surface area contributed by atoms with E-state index in [-0.39, 0.29) is 18.4 Å². The van der Waals surface area contributed by atoms with Gasteiger partial charge in [-0.05, 0) is 49.1 Å². The number of anilines is 1. The van der Waals surface area contributed by atoms with E-state index in [9.17, 15) is 9.18 Å². The number of hydrogen-bond donors (Lipinski definition) is 0. The molecule has 1 aliphatic heterocycles. The number of likely N-dealkylation sites (tertiary alicyclic amines) is 1. The van der Waals surface area contributed by atoms with Gasteiger partial charge in [0, 0.05) is 44.6 Å². The zero-order chi connectivity index (χ0) is 22.6. The summed E-state index contributed by atoms with van der Waals surface area (Å²) in [5, 5.41) is 0. The number of carbonyl (C=O) groups excluding carboxylic acids is 1. The van der Waals surface area contributed by atoms with E-state index in [1.54, 1.807) is 0 Å². The zero-order valence-electron chi connectivity index (χ0n) is 20.1. The number of amides is 1. The number of halogens is 2. The molecule has 5 heteroatoms. The summed E-state index contributed by atoms with van der Waals surface area (Å²) in [6.07, 6.45) is -0.969. The van der Waals surface area contributed by atoms with Crippen molar-refractivity contribution in [2.24, 2.45) is 0 Å². The third-order valence-corrected chi connectivity index (χ3v) is 4.91. The number of nitrogens with zero attached hydrogens (tertiary/aromatic N) is 2. The molecular weight excluding hydrogens is 363 g/mol. The van der Waals surface area contributed by atoms with Crippen LogP contribution in [0.15, 0.2) is 54.6 Å². The van der Waals surface area contributed by atoms with Crippen LogP contribution in [-0.4, -0.2) is 36.5 Å². The Morgan fingerprint density at radius 1 is 1.19 bits per heavy atom. The zero-order valence-corrected chi connectivity index (χ0v) is 15.9. The minimum atomic E-state index is -3.10. The molecule has 0 N–H and O–H groups in total. The highest BCUT2D eigenvalue weighted by Gasteiger charge is 2.28. The Balaban J connectivity index is 0.00000363. The van der Waals surface area contributed by atoms with Gasteiger partial charge in [0.1, 0.15) is 5.82 Å². The summed E-state index contributed by atoms with van der Waals surface area (Å²) in [7, 11) is 0. The lowest BCUT2D eigenvalue weighted by Gasteiger charge is -2.38. The maximum atomic E-state index is 13.4. The second-order valence-corrected chi connectivity index (χ2v) is 6.58. The van der Waals surface area contributed by atoms with E-state index in [1.807, 2.05) is 18.2 Å². The van der Waals surface area contributed by atoms with Crippen molar-refractivity contribution >= 4 is 24.0 Å². The Bertz CT molecular complexity index is 872. The fraction of sp³-hybridized carbons (Fsp3) is 0.409. The van der Waals surface area contributed by atoms with Gasteiger partial charge in [-0.3, -0.25) is 4.79 Å². The molecule has 2 aromatic carbocycles. The molecule has 0 atom stereocenters. The largest absolute Gasteiger partial charge is 0.309 e. The van der Waals surface area contributed by atoms with Crippen LogP contribution in [0.2, 0.25) is 0 Å². The molecule has 0 spiro atoms. The molecule has 3 nitrogen and oxygen atoms in total. The maximum Gasteiger partial charge on any atom is 0.226 e. The van der Waals surface area contributed by atoms with Gasteiger partial charge in [0.25, 0.3) is 0 Å². The van der Waals surface area contributed by atoms with Gasteiger partial charge in [-0.25, -0.2) is 4.39 Å². The first kappa shape index (κ1) is 15.1. The van der Waals surface area contributed by atoms with Crippen LogP contribution in [0.25, 0.3) is 0 Å². The van der Waals surface area contributed by atoms with Gasteiger partial charge in [-0.1, -0.05) is 37.2 Å². The van der Waals surface area contributed by atoms with Crippen LogP contribution in [0.1, 0.15) is 38.5 Å². The van der Waals surface area contributed by atoms with Crippen LogP contribution in [0.5, 0.6) is 0 Å². The Hall–Kier alpha value is -1.91. The highest BCUT2D eigenvalue weighted by molar-refractivity contribution is 5.93. The average molecular weight is 396 g/mol. The Labute approximate surface area is 174 Å². The first-order valence-corrected chi connectivity index (χ1v) is 8.95. The van der Waals surface area contributed by atoms with Crippen molar-refractivity contribution < 1.29 is 16.0 Å². The van der Waals surface area contributed by atoms with Gasteiger partial charge in [0.2, 0.25) is 5.91 Å². The summed E-state index contributed by atoms with van der Waals surface area (Å²) in [5.41, 5.74) is 1.56. The van der Waals surface area contributed by atoms with Crippen molar-refractivity contribution in [2.75, 3.05) is 24.5 Å². The van der Waals surface area contributed by atoms with E-state index >= 15 is 0 Å². The van der Waals surface area contributed by atoms with Crippen LogP contribution in [-0.2, 0) is 11.2 Å². The van der Waals surface area contributed by atoms with E-state index in [1.165, 1.54) is 34.7 Å². The van der Waals surface area contributed by atoms with E-state index in [0.717, 1.165) is 13.0 Å². The van der Waals surface area contributed by atoms with Crippen molar-refractivity contribution in [1.82, 2.24) is 4.90 Å². The predicted molar refractivity (Wildman–Crippen MR) is 111 cm³/mol. The van der Waals surface area contributed by atoms with Crippen molar-refractivity contribution in [1.29, 1.82) is 0 Å². The van der Waals surface area contributed by atoms with E-state index in [4.69, 9.17) is 6.85 Å². The maximum absolute atomic E-state index is 13.4. The van der Waals surface area contributed by atoms with E-state index < -0.39 is 24.9 Å². The van der Waals surface area contributed by atoms with Gasteiger partial charge in [-0.2, -0.15) is 0 Å². The first-order chi connectivity index (χ1) is 14.6. The van der Waals surface area contributed by atoms with Crippen LogP contribution in [0.3, 0.4) is 0 Å². The summed E-state index contributed by atoms with van der Waals surface area (Å²) in [5.74, 6) is -1.59. The first-order valence-electron chi connectivity index (χ1n) is 11.4. The number of rotatable bonds is 6.